The molecule has 2 nitrogen and oxygen atoms in total. The van der Waals surface area contributed by atoms with E-state index in [9.17, 15) is 0 Å². The van der Waals surface area contributed by atoms with E-state index in [0.717, 1.165) is 6.04 Å². The van der Waals surface area contributed by atoms with Crippen LogP contribution in [0.4, 0.5) is 0 Å². The highest BCUT2D eigenvalue weighted by atomic mass is 15.1. The quantitative estimate of drug-likeness (QED) is 0.829. The molecular weight excluding hydrogens is 220 g/mol. The smallest absolute Gasteiger partial charge is 0.0139 e. The molecule has 0 aromatic carbocycles. The topological polar surface area (TPSA) is 15.3 Å². The Morgan fingerprint density at radius 3 is 2.28 bits per heavy atom. The molecule has 0 aromatic rings. The average molecular weight is 252 g/mol. The fourth-order valence-electron chi connectivity index (χ4n) is 3.79. The summed E-state index contributed by atoms with van der Waals surface area (Å²) in [6.45, 7) is 8.49. The van der Waals surface area contributed by atoms with E-state index in [1.54, 1.807) is 0 Å². The van der Waals surface area contributed by atoms with Crippen LogP contribution in [-0.2, 0) is 0 Å². The molecule has 1 saturated carbocycles. The molecule has 2 fully saturated rings. The van der Waals surface area contributed by atoms with Gasteiger partial charge in [0, 0.05) is 12.1 Å². The van der Waals surface area contributed by atoms with Gasteiger partial charge >= 0.3 is 0 Å². The summed E-state index contributed by atoms with van der Waals surface area (Å²) in [7, 11) is 4.41. The molecule has 2 atom stereocenters. The largest absolute Gasteiger partial charge is 0.313 e. The van der Waals surface area contributed by atoms with E-state index >= 15 is 0 Å². The lowest BCUT2D eigenvalue weighted by atomic mass is 9.61. The lowest BCUT2D eigenvalue weighted by Crippen LogP contribution is -2.44. The summed E-state index contributed by atoms with van der Waals surface area (Å²) in [4.78, 5) is 2.36. The first-order chi connectivity index (χ1) is 8.35. The van der Waals surface area contributed by atoms with Crippen LogP contribution < -0.4 is 5.32 Å². The zero-order chi connectivity index (χ0) is 13.4. The molecule has 1 saturated heterocycles. The highest BCUT2D eigenvalue weighted by molar-refractivity contribution is 5.01. The monoisotopic (exact) mass is 252 g/mol. The molecule has 18 heavy (non-hydrogen) atoms. The predicted molar refractivity (Wildman–Crippen MR) is 78.9 cm³/mol. The summed E-state index contributed by atoms with van der Waals surface area (Å²) < 4.78 is 0. The fourth-order valence-corrected chi connectivity index (χ4v) is 3.79. The van der Waals surface area contributed by atoms with Crippen molar-refractivity contribution in [3.8, 4) is 0 Å². The maximum Gasteiger partial charge on any atom is 0.0139 e. The van der Waals surface area contributed by atoms with E-state index < -0.39 is 0 Å². The molecule has 0 aromatic heterocycles. The fraction of sp³-hybridized carbons (Fsp3) is 1.00. The van der Waals surface area contributed by atoms with Gasteiger partial charge in [-0.15, -0.1) is 0 Å². The minimum absolute atomic E-state index is 0.589. The first kappa shape index (κ1) is 14.3. The molecule has 2 unspecified atom stereocenters. The lowest BCUT2D eigenvalue weighted by Gasteiger charge is -2.45. The van der Waals surface area contributed by atoms with Crippen molar-refractivity contribution in [2.45, 2.75) is 71.4 Å². The summed E-state index contributed by atoms with van der Waals surface area (Å²) in [5.41, 5.74) is 1.21. The van der Waals surface area contributed by atoms with Crippen LogP contribution in [0.25, 0.3) is 0 Å². The molecule has 1 heterocycles. The molecule has 1 aliphatic carbocycles. The molecule has 0 amide bonds. The molecule has 1 aliphatic heterocycles. The van der Waals surface area contributed by atoms with Crippen LogP contribution in [0.1, 0.15) is 59.3 Å². The number of rotatable bonds is 3. The molecule has 2 aliphatic rings. The van der Waals surface area contributed by atoms with Crippen LogP contribution in [0.15, 0.2) is 0 Å². The number of hydrogen-bond acceptors (Lipinski definition) is 2. The third-order valence-electron chi connectivity index (χ3n) is 5.81. The van der Waals surface area contributed by atoms with Crippen molar-refractivity contribution in [1.82, 2.24) is 10.2 Å². The number of nitrogens with zero attached hydrogens (tertiary/aromatic N) is 1. The number of hydrogen-bond donors (Lipinski definition) is 1. The van der Waals surface area contributed by atoms with Crippen molar-refractivity contribution >= 4 is 0 Å². The molecule has 2 rings (SSSR count). The van der Waals surface area contributed by atoms with Gasteiger partial charge < -0.3 is 10.2 Å². The maximum atomic E-state index is 3.80. The summed E-state index contributed by atoms with van der Waals surface area (Å²) in [6.07, 6.45) is 8.44. The van der Waals surface area contributed by atoms with Crippen molar-refractivity contribution in [1.29, 1.82) is 0 Å². The van der Waals surface area contributed by atoms with Crippen LogP contribution in [0.3, 0.4) is 0 Å². The van der Waals surface area contributed by atoms with Gasteiger partial charge in [-0.1, -0.05) is 13.8 Å². The molecule has 106 valence electrons. The van der Waals surface area contributed by atoms with Crippen molar-refractivity contribution in [2.24, 2.45) is 10.8 Å². The summed E-state index contributed by atoms with van der Waals surface area (Å²) in [5.74, 6) is 0. The summed E-state index contributed by atoms with van der Waals surface area (Å²) in [5, 5.41) is 3.80. The van der Waals surface area contributed by atoms with Gasteiger partial charge in [0.05, 0.1) is 0 Å². The highest BCUT2D eigenvalue weighted by Crippen LogP contribution is 2.51. The average Bonchev–Trinajstić information content (AvgIpc) is 2.67. The summed E-state index contributed by atoms with van der Waals surface area (Å²) >= 11 is 0. The van der Waals surface area contributed by atoms with Gasteiger partial charge in [-0.3, -0.25) is 0 Å². The minimum Gasteiger partial charge on any atom is -0.313 e. The first-order valence-electron chi connectivity index (χ1n) is 7.75. The van der Waals surface area contributed by atoms with Gasteiger partial charge in [-0.2, -0.15) is 0 Å². The van der Waals surface area contributed by atoms with Crippen molar-refractivity contribution in [2.75, 3.05) is 20.6 Å². The maximum absolute atomic E-state index is 3.80. The second kappa shape index (κ2) is 5.13. The molecule has 1 spiro atoms. The Kier molecular flexibility index (Phi) is 4.08. The molecule has 2 heteroatoms. The van der Waals surface area contributed by atoms with Gasteiger partial charge in [-0.25, -0.2) is 0 Å². The minimum atomic E-state index is 0.589. The standard InChI is InChI=1S/C16H32N2/c1-13(18(4)5)12-14-16(10-11-17-14)8-6-15(2,3)7-9-16/h13-14,17H,6-12H2,1-5H3. The Hall–Kier alpha value is -0.0800. The molecular formula is C16H32N2. The Bertz CT molecular complexity index is 273. The van der Waals surface area contributed by atoms with Gasteiger partial charge in [0.1, 0.15) is 0 Å². The van der Waals surface area contributed by atoms with Gasteiger partial charge in [-0.05, 0) is 76.9 Å². The Labute approximate surface area is 114 Å². The normalized spacial score (nSPS) is 32.0. The van der Waals surface area contributed by atoms with Gasteiger partial charge in [0.2, 0.25) is 0 Å². The number of nitrogens with one attached hydrogen (secondary N) is 1. The van der Waals surface area contributed by atoms with E-state index in [1.165, 1.54) is 45.1 Å². The Balaban J connectivity index is 1.99. The predicted octanol–water partition coefficient (Wildman–Crippen LogP) is 3.28. The van der Waals surface area contributed by atoms with E-state index in [0.29, 0.717) is 16.9 Å². The Morgan fingerprint density at radius 1 is 1.11 bits per heavy atom. The molecule has 1 N–H and O–H groups in total. The van der Waals surface area contributed by atoms with Gasteiger partial charge in [0.15, 0.2) is 0 Å². The summed E-state index contributed by atoms with van der Waals surface area (Å²) in [6, 6.07) is 1.44. The van der Waals surface area contributed by atoms with Crippen LogP contribution in [0.5, 0.6) is 0 Å². The van der Waals surface area contributed by atoms with Crippen LogP contribution in [-0.4, -0.2) is 37.6 Å². The third kappa shape index (κ3) is 2.91. The molecule has 0 radical (unpaired) electrons. The van der Waals surface area contributed by atoms with Crippen LogP contribution >= 0.6 is 0 Å². The third-order valence-corrected chi connectivity index (χ3v) is 5.81. The van der Waals surface area contributed by atoms with E-state index in [1.807, 2.05) is 0 Å². The zero-order valence-corrected chi connectivity index (χ0v) is 13.1. The second-order valence-electron chi connectivity index (χ2n) is 7.83. The van der Waals surface area contributed by atoms with Crippen molar-refractivity contribution < 1.29 is 0 Å². The van der Waals surface area contributed by atoms with Crippen molar-refractivity contribution in [3.05, 3.63) is 0 Å². The second-order valence-corrected chi connectivity index (χ2v) is 7.83. The molecule has 0 bridgehead atoms. The van der Waals surface area contributed by atoms with E-state index in [4.69, 9.17) is 0 Å². The lowest BCUT2D eigenvalue weighted by molar-refractivity contribution is 0.0768. The van der Waals surface area contributed by atoms with Crippen LogP contribution in [0.2, 0.25) is 0 Å². The van der Waals surface area contributed by atoms with Crippen molar-refractivity contribution in [3.63, 3.8) is 0 Å². The first-order valence-corrected chi connectivity index (χ1v) is 7.75. The highest BCUT2D eigenvalue weighted by Gasteiger charge is 2.46. The van der Waals surface area contributed by atoms with E-state index in [-0.39, 0.29) is 0 Å². The zero-order valence-electron chi connectivity index (χ0n) is 13.1. The van der Waals surface area contributed by atoms with E-state index in [2.05, 4.69) is 45.1 Å². The Morgan fingerprint density at radius 2 is 1.72 bits per heavy atom. The van der Waals surface area contributed by atoms with Gasteiger partial charge in [0.25, 0.3) is 0 Å². The SMILES string of the molecule is CC(CC1NCCC12CCC(C)(C)CC2)N(C)C. The van der Waals surface area contributed by atoms with Crippen LogP contribution in [0, 0.1) is 10.8 Å².